The molecule has 0 bridgehead atoms. The first-order valence-electron chi connectivity index (χ1n) is 15.6. The molecule has 0 radical (unpaired) electrons. The molecule has 1 N–H and O–H groups in total. The highest BCUT2D eigenvalue weighted by Gasteiger charge is 2.28. The highest BCUT2D eigenvalue weighted by molar-refractivity contribution is 7.92. The average Bonchev–Trinajstić information content (AvgIpc) is 3.41. The fraction of sp³-hybridized carbons (Fsp3) is 0.257. The molecule has 2 aromatic heterocycles. The third-order valence-electron chi connectivity index (χ3n) is 8.29. The maximum absolute atomic E-state index is 13.5. The number of halogens is 4. The predicted molar refractivity (Wildman–Crippen MR) is 183 cm³/mol. The SMILES string of the molecule is Cc1ccc(S(=O)(=O)Nc2ccc(Oc3ccc4cc(C(=O)N5CCN(Cc6ccc(OCC(F)(F)F)cc6)CC5)n(C)c4c3)nc2)cc1Cl. The van der Waals surface area contributed by atoms with Crippen LogP contribution in [0.5, 0.6) is 17.4 Å². The van der Waals surface area contributed by atoms with Gasteiger partial charge in [0.1, 0.15) is 17.2 Å². The maximum Gasteiger partial charge on any atom is 0.422 e. The Morgan fingerprint density at radius 1 is 0.940 bits per heavy atom. The van der Waals surface area contributed by atoms with Crippen LogP contribution in [0.25, 0.3) is 10.9 Å². The Labute approximate surface area is 292 Å². The van der Waals surface area contributed by atoms with Gasteiger partial charge in [-0.2, -0.15) is 13.2 Å². The number of nitrogens with zero attached hydrogens (tertiary/aromatic N) is 4. The Morgan fingerprint density at radius 2 is 1.66 bits per heavy atom. The first-order chi connectivity index (χ1) is 23.7. The fourth-order valence-corrected chi connectivity index (χ4v) is 6.86. The number of anilines is 1. The molecule has 0 unspecified atom stereocenters. The van der Waals surface area contributed by atoms with Crippen LogP contribution in [0.1, 0.15) is 21.6 Å². The van der Waals surface area contributed by atoms with E-state index in [4.69, 9.17) is 21.1 Å². The molecule has 6 rings (SSSR count). The van der Waals surface area contributed by atoms with Crippen molar-refractivity contribution in [1.29, 1.82) is 0 Å². The Morgan fingerprint density at radius 3 is 2.32 bits per heavy atom. The van der Waals surface area contributed by atoms with E-state index in [0.717, 1.165) is 22.0 Å². The fourth-order valence-electron chi connectivity index (χ4n) is 5.54. The molecule has 1 fully saturated rings. The number of carbonyl (C=O) groups excluding carboxylic acids is 1. The summed E-state index contributed by atoms with van der Waals surface area (Å²) in [6.45, 7) is 3.40. The lowest BCUT2D eigenvalue weighted by Crippen LogP contribution is -2.48. The molecule has 1 saturated heterocycles. The highest BCUT2D eigenvalue weighted by atomic mass is 35.5. The Balaban J connectivity index is 1.04. The molecule has 50 heavy (non-hydrogen) atoms. The van der Waals surface area contributed by atoms with Gasteiger partial charge in [0.05, 0.1) is 22.3 Å². The molecule has 0 spiro atoms. The summed E-state index contributed by atoms with van der Waals surface area (Å²) in [4.78, 5) is 21.8. The lowest BCUT2D eigenvalue weighted by atomic mass is 10.2. The number of hydrogen-bond acceptors (Lipinski definition) is 7. The first-order valence-corrected chi connectivity index (χ1v) is 17.4. The number of nitrogens with one attached hydrogen (secondary N) is 1. The van der Waals surface area contributed by atoms with E-state index >= 15 is 0 Å². The van der Waals surface area contributed by atoms with Crippen molar-refractivity contribution in [2.24, 2.45) is 7.05 Å². The van der Waals surface area contributed by atoms with Crippen LogP contribution in [0.4, 0.5) is 18.9 Å². The number of aromatic nitrogens is 2. The molecule has 0 saturated carbocycles. The highest BCUT2D eigenvalue weighted by Crippen LogP contribution is 2.29. The van der Waals surface area contributed by atoms with E-state index in [0.29, 0.717) is 49.2 Å². The van der Waals surface area contributed by atoms with Gasteiger partial charge in [0.25, 0.3) is 15.9 Å². The molecule has 262 valence electrons. The topological polar surface area (TPSA) is 106 Å². The average molecular weight is 728 g/mol. The second-order valence-electron chi connectivity index (χ2n) is 11.9. The third-order valence-corrected chi connectivity index (χ3v) is 10.1. The van der Waals surface area contributed by atoms with Crippen LogP contribution in [-0.4, -0.2) is 72.6 Å². The number of ether oxygens (including phenoxy) is 2. The number of fused-ring (bicyclic) bond motifs is 1. The van der Waals surface area contributed by atoms with Gasteiger partial charge in [0, 0.05) is 62.3 Å². The molecule has 10 nitrogen and oxygen atoms in total. The van der Waals surface area contributed by atoms with Crippen LogP contribution in [0.15, 0.2) is 90.0 Å². The van der Waals surface area contributed by atoms with E-state index in [-0.39, 0.29) is 28.1 Å². The van der Waals surface area contributed by atoms with Crippen LogP contribution < -0.4 is 14.2 Å². The van der Waals surface area contributed by atoms with Crippen molar-refractivity contribution in [3.8, 4) is 17.4 Å². The molecule has 3 heterocycles. The number of aryl methyl sites for hydroxylation is 2. The molecule has 0 atom stereocenters. The Hall–Kier alpha value is -4.79. The smallest absolute Gasteiger partial charge is 0.422 e. The van der Waals surface area contributed by atoms with Gasteiger partial charge < -0.3 is 18.9 Å². The molecular formula is C35H33ClF3N5O5S. The van der Waals surface area contributed by atoms with Gasteiger partial charge in [-0.05, 0) is 66.6 Å². The molecule has 3 aromatic carbocycles. The van der Waals surface area contributed by atoms with Crippen LogP contribution in [0.3, 0.4) is 0 Å². The number of hydrogen-bond donors (Lipinski definition) is 1. The number of rotatable bonds is 10. The molecule has 1 amide bonds. The van der Waals surface area contributed by atoms with E-state index < -0.39 is 22.8 Å². The number of amides is 1. The third kappa shape index (κ3) is 8.32. The number of carbonyl (C=O) groups is 1. The Kier molecular flexibility index (Phi) is 9.96. The summed E-state index contributed by atoms with van der Waals surface area (Å²) in [6.07, 6.45) is -3.03. The maximum atomic E-state index is 13.5. The first kappa shape index (κ1) is 35.1. The summed E-state index contributed by atoms with van der Waals surface area (Å²) in [5, 5.41) is 1.21. The van der Waals surface area contributed by atoms with Crippen molar-refractivity contribution >= 4 is 44.1 Å². The number of pyridine rings is 1. The predicted octanol–water partition coefficient (Wildman–Crippen LogP) is 7.03. The van der Waals surface area contributed by atoms with Gasteiger partial charge in [-0.15, -0.1) is 0 Å². The standard InChI is InChI=1S/C35H33ClF3N5O5S/c1-23-3-11-29(19-30(23)36)50(46,47)41-26-7-12-33(40-20-26)49-28-10-6-25-17-32(42(2)31(25)18-28)34(45)44-15-13-43(14-16-44)21-24-4-8-27(9-5-24)48-22-35(37,38)39/h3-12,17-20,41H,13-16,21-22H2,1-2H3. The van der Waals surface area contributed by atoms with Gasteiger partial charge in [-0.1, -0.05) is 29.8 Å². The van der Waals surface area contributed by atoms with Crippen LogP contribution in [0.2, 0.25) is 5.02 Å². The van der Waals surface area contributed by atoms with E-state index in [9.17, 15) is 26.4 Å². The van der Waals surface area contributed by atoms with E-state index in [2.05, 4.69) is 14.6 Å². The normalized spacial score (nSPS) is 14.2. The minimum absolute atomic E-state index is 0.0347. The minimum atomic E-state index is -4.39. The van der Waals surface area contributed by atoms with Gasteiger partial charge in [0.15, 0.2) is 6.61 Å². The number of benzene rings is 3. The second kappa shape index (κ2) is 14.2. The zero-order valence-electron chi connectivity index (χ0n) is 27.1. The molecule has 5 aromatic rings. The summed E-state index contributed by atoms with van der Waals surface area (Å²) in [7, 11) is -2.05. The van der Waals surface area contributed by atoms with Crippen molar-refractivity contribution < 1.29 is 35.9 Å². The summed E-state index contributed by atoms with van der Waals surface area (Å²) >= 11 is 6.10. The van der Waals surface area contributed by atoms with Crippen molar-refractivity contribution in [2.75, 3.05) is 37.5 Å². The molecule has 15 heteroatoms. The summed E-state index contributed by atoms with van der Waals surface area (Å²) in [5.74, 6) is 0.806. The monoisotopic (exact) mass is 727 g/mol. The van der Waals surface area contributed by atoms with Gasteiger partial charge in [-0.3, -0.25) is 14.4 Å². The molecule has 1 aliphatic rings. The molecule has 0 aliphatic carbocycles. The van der Waals surface area contributed by atoms with Crippen LogP contribution in [-0.2, 0) is 23.6 Å². The van der Waals surface area contributed by atoms with E-state index in [1.165, 1.54) is 30.5 Å². The van der Waals surface area contributed by atoms with Crippen LogP contribution in [0, 0.1) is 6.92 Å². The van der Waals surface area contributed by atoms with E-state index in [1.807, 2.05) is 34.7 Å². The van der Waals surface area contributed by atoms with Gasteiger partial charge >= 0.3 is 6.18 Å². The van der Waals surface area contributed by atoms with Crippen molar-refractivity contribution in [3.63, 3.8) is 0 Å². The van der Waals surface area contributed by atoms with Crippen molar-refractivity contribution in [1.82, 2.24) is 19.4 Å². The minimum Gasteiger partial charge on any atom is -0.484 e. The number of piperazine rings is 1. The zero-order valence-corrected chi connectivity index (χ0v) is 28.6. The largest absolute Gasteiger partial charge is 0.484 e. The van der Waals surface area contributed by atoms with Crippen LogP contribution >= 0.6 is 11.6 Å². The summed E-state index contributed by atoms with van der Waals surface area (Å²) in [5.41, 5.74) is 3.28. The summed E-state index contributed by atoms with van der Waals surface area (Å²) in [6, 6.07) is 21.4. The zero-order chi connectivity index (χ0) is 35.6. The molecular weight excluding hydrogens is 695 g/mol. The van der Waals surface area contributed by atoms with Gasteiger partial charge in [-0.25, -0.2) is 13.4 Å². The second-order valence-corrected chi connectivity index (χ2v) is 14.0. The van der Waals surface area contributed by atoms with Gasteiger partial charge in [0.2, 0.25) is 5.88 Å². The number of sulfonamides is 1. The molecule has 1 aliphatic heterocycles. The van der Waals surface area contributed by atoms with Crippen molar-refractivity contribution in [3.05, 3.63) is 107 Å². The van der Waals surface area contributed by atoms with Crippen molar-refractivity contribution in [2.45, 2.75) is 24.5 Å². The lowest BCUT2D eigenvalue weighted by molar-refractivity contribution is -0.153. The lowest BCUT2D eigenvalue weighted by Gasteiger charge is -2.34. The number of alkyl halides is 3. The summed E-state index contributed by atoms with van der Waals surface area (Å²) < 4.78 is 77.8. The Bertz CT molecular complexity index is 2120. The van der Waals surface area contributed by atoms with E-state index in [1.54, 1.807) is 43.3 Å². The quantitative estimate of drug-likeness (QED) is 0.165.